The van der Waals surface area contributed by atoms with Gasteiger partial charge in [0.2, 0.25) is 11.8 Å². The van der Waals surface area contributed by atoms with Crippen LogP contribution in [0.5, 0.6) is 0 Å². The summed E-state index contributed by atoms with van der Waals surface area (Å²) in [5.74, 6) is 1.13. The van der Waals surface area contributed by atoms with Gasteiger partial charge in [0.25, 0.3) is 0 Å². The summed E-state index contributed by atoms with van der Waals surface area (Å²) in [6.45, 7) is 4.77. The van der Waals surface area contributed by atoms with Crippen molar-refractivity contribution in [3.63, 3.8) is 0 Å². The molecule has 0 bridgehead atoms. The molecule has 2 rings (SSSR count). The molecule has 116 valence electrons. The Kier molecular flexibility index (Phi) is 5.26. The second-order valence-corrected chi connectivity index (χ2v) is 5.15. The molecule has 0 amide bonds. The van der Waals surface area contributed by atoms with Crippen molar-refractivity contribution in [1.82, 2.24) is 9.97 Å². The molecule has 1 aromatic rings. The fourth-order valence-corrected chi connectivity index (χ4v) is 2.44. The van der Waals surface area contributed by atoms with Crippen LogP contribution in [0.2, 0.25) is 0 Å². The van der Waals surface area contributed by atoms with Crippen LogP contribution in [0.15, 0.2) is 6.20 Å². The molecule has 1 N–H and O–H groups in total. The van der Waals surface area contributed by atoms with Crippen LogP contribution in [0.3, 0.4) is 0 Å². The first-order valence-corrected chi connectivity index (χ1v) is 7.16. The van der Waals surface area contributed by atoms with Crippen molar-refractivity contribution in [2.24, 2.45) is 5.92 Å². The largest absolute Gasteiger partial charge is 0.381 e. The first kappa shape index (κ1) is 15.4. The van der Waals surface area contributed by atoms with Crippen LogP contribution in [-0.2, 0) is 4.74 Å². The van der Waals surface area contributed by atoms with E-state index in [0.29, 0.717) is 37.4 Å². The van der Waals surface area contributed by atoms with Crippen molar-refractivity contribution in [2.75, 3.05) is 43.6 Å². The van der Waals surface area contributed by atoms with Crippen molar-refractivity contribution >= 4 is 17.5 Å². The summed E-state index contributed by atoms with van der Waals surface area (Å²) in [7, 11) is 1.82. The minimum atomic E-state index is -0.446. The lowest BCUT2D eigenvalue weighted by molar-refractivity contribution is -0.384. The average Bonchev–Trinajstić information content (AvgIpc) is 2.48. The third kappa shape index (κ3) is 4.01. The molecule has 1 atom stereocenters. The Hall–Kier alpha value is -1.96. The number of ether oxygens (including phenoxy) is 1. The molecule has 2 heterocycles. The van der Waals surface area contributed by atoms with E-state index < -0.39 is 4.92 Å². The first-order valence-electron chi connectivity index (χ1n) is 7.16. The predicted octanol–water partition coefficient (Wildman–Crippen LogP) is 1.68. The maximum atomic E-state index is 11.1. The number of rotatable bonds is 6. The monoisotopic (exact) mass is 295 g/mol. The Morgan fingerprint density at radius 3 is 3.05 bits per heavy atom. The van der Waals surface area contributed by atoms with Crippen LogP contribution in [0, 0.1) is 16.0 Å². The Labute approximate surface area is 123 Å². The summed E-state index contributed by atoms with van der Waals surface area (Å²) < 4.78 is 5.45. The lowest BCUT2D eigenvalue weighted by Gasteiger charge is -2.27. The minimum Gasteiger partial charge on any atom is -0.381 e. The molecule has 1 unspecified atom stereocenters. The number of anilines is 2. The van der Waals surface area contributed by atoms with Crippen molar-refractivity contribution in [2.45, 2.75) is 19.8 Å². The highest BCUT2D eigenvalue weighted by atomic mass is 16.6. The van der Waals surface area contributed by atoms with Crippen LogP contribution in [0.25, 0.3) is 0 Å². The van der Waals surface area contributed by atoms with Crippen molar-refractivity contribution in [3.8, 4) is 0 Å². The maximum absolute atomic E-state index is 11.1. The van der Waals surface area contributed by atoms with Crippen LogP contribution in [0.4, 0.5) is 17.5 Å². The molecule has 1 aliphatic rings. The van der Waals surface area contributed by atoms with Crippen molar-refractivity contribution in [1.29, 1.82) is 0 Å². The molecule has 0 aromatic carbocycles. The van der Waals surface area contributed by atoms with E-state index in [2.05, 4.69) is 15.3 Å². The number of hydrogen-bond acceptors (Lipinski definition) is 7. The molecular formula is C13H21N5O3. The number of nitro groups is 1. The number of hydrogen-bond donors (Lipinski definition) is 1. The van der Waals surface area contributed by atoms with E-state index in [-0.39, 0.29) is 5.69 Å². The highest BCUT2D eigenvalue weighted by Crippen LogP contribution is 2.27. The highest BCUT2D eigenvalue weighted by molar-refractivity contribution is 5.58. The van der Waals surface area contributed by atoms with Gasteiger partial charge < -0.3 is 15.0 Å². The number of nitrogens with one attached hydrogen (secondary N) is 1. The standard InChI is InChI=1S/C13H21N5O3/c1-3-14-13-15-7-11(18(19)20)12(16-13)17(2)8-10-5-4-6-21-9-10/h7,10H,3-6,8-9H2,1-2H3,(H,14,15,16). The van der Waals surface area contributed by atoms with Crippen LogP contribution < -0.4 is 10.2 Å². The lowest BCUT2D eigenvalue weighted by atomic mass is 10.0. The Morgan fingerprint density at radius 1 is 1.62 bits per heavy atom. The molecule has 0 aliphatic carbocycles. The van der Waals surface area contributed by atoms with Gasteiger partial charge in [0.05, 0.1) is 11.5 Å². The Morgan fingerprint density at radius 2 is 2.43 bits per heavy atom. The molecule has 8 heteroatoms. The third-order valence-corrected chi connectivity index (χ3v) is 3.43. The van der Waals surface area contributed by atoms with Gasteiger partial charge in [0.15, 0.2) is 0 Å². The lowest BCUT2D eigenvalue weighted by Crippen LogP contribution is -2.31. The van der Waals surface area contributed by atoms with Crippen molar-refractivity contribution in [3.05, 3.63) is 16.3 Å². The maximum Gasteiger partial charge on any atom is 0.329 e. The number of aromatic nitrogens is 2. The topological polar surface area (TPSA) is 93.4 Å². The zero-order valence-electron chi connectivity index (χ0n) is 12.4. The summed E-state index contributed by atoms with van der Waals surface area (Å²) in [5.41, 5.74) is -0.0733. The van der Waals surface area contributed by atoms with E-state index >= 15 is 0 Å². The van der Waals surface area contributed by atoms with Gasteiger partial charge in [0.1, 0.15) is 6.20 Å². The molecule has 1 aliphatic heterocycles. The van der Waals surface area contributed by atoms with E-state index in [1.165, 1.54) is 6.20 Å². The minimum absolute atomic E-state index is 0.0733. The van der Waals surface area contributed by atoms with E-state index in [0.717, 1.165) is 19.4 Å². The quantitative estimate of drug-likeness (QED) is 0.630. The molecule has 1 fully saturated rings. The average molecular weight is 295 g/mol. The van der Waals surface area contributed by atoms with Crippen LogP contribution in [-0.4, -0.2) is 48.2 Å². The summed E-state index contributed by atoms with van der Waals surface area (Å²) >= 11 is 0. The molecule has 21 heavy (non-hydrogen) atoms. The molecule has 0 saturated carbocycles. The zero-order chi connectivity index (χ0) is 15.2. The molecular weight excluding hydrogens is 274 g/mol. The first-order chi connectivity index (χ1) is 10.1. The number of nitrogens with zero attached hydrogens (tertiary/aromatic N) is 4. The molecule has 1 aromatic heterocycles. The predicted molar refractivity (Wildman–Crippen MR) is 79.7 cm³/mol. The van der Waals surface area contributed by atoms with E-state index in [1.54, 1.807) is 0 Å². The fraction of sp³-hybridized carbons (Fsp3) is 0.692. The molecule has 8 nitrogen and oxygen atoms in total. The Balaban J connectivity index is 2.17. The van der Waals surface area contributed by atoms with E-state index in [4.69, 9.17) is 4.74 Å². The summed E-state index contributed by atoms with van der Waals surface area (Å²) in [6.07, 6.45) is 3.37. The summed E-state index contributed by atoms with van der Waals surface area (Å²) in [4.78, 5) is 20.7. The van der Waals surface area contributed by atoms with Gasteiger partial charge in [-0.05, 0) is 25.7 Å². The molecule has 1 saturated heterocycles. The van der Waals surface area contributed by atoms with Gasteiger partial charge in [-0.1, -0.05) is 0 Å². The second kappa shape index (κ2) is 7.16. The van der Waals surface area contributed by atoms with Gasteiger partial charge in [0, 0.05) is 26.7 Å². The summed E-state index contributed by atoms with van der Waals surface area (Å²) in [5, 5.41) is 14.1. The van der Waals surface area contributed by atoms with Gasteiger partial charge in [-0.25, -0.2) is 4.98 Å². The zero-order valence-corrected chi connectivity index (χ0v) is 12.4. The van der Waals surface area contributed by atoms with Crippen LogP contribution in [0.1, 0.15) is 19.8 Å². The Bertz CT molecular complexity index is 491. The SMILES string of the molecule is CCNc1ncc([N+](=O)[O-])c(N(C)CC2CCCOC2)n1. The van der Waals surface area contributed by atoms with E-state index in [1.807, 2.05) is 18.9 Å². The van der Waals surface area contributed by atoms with Crippen molar-refractivity contribution < 1.29 is 9.66 Å². The van der Waals surface area contributed by atoms with Crippen LogP contribution >= 0.6 is 0 Å². The van der Waals surface area contributed by atoms with Gasteiger partial charge in [-0.2, -0.15) is 4.98 Å². The summed E-state index contributed by atoms with van der Waals surface area (Å²) in [6, 6.07) is 0. The fourth-order valence-electron chi connectivity index (χ4n) is 2.44. The smallest absolute Gasteiger partial charge is 0.329 e. The van der Waals surface area contributed by atoms with E-state index in [9.17, 15) is 10.1 Å². The van der Waals surface area contributed by atoms with Gasteiger partial charge >= 0.3 is 5.69 Å². The molecule has 0 radical (unpaired) electrons. The molecule has 0 spiro atoms. The van der Waals surface area contributed by atoms with Gasteiger partial charge in [-0.15, -0.1) is 0 Å². The highest BCUT2D eigenvalue weighted by Gasteiger charge is 2.23. The second-order valence-electron chi connectivity index (χ2n) is 5.15. The third-order valence-electron chi connectivity index (χ3n) is 3.43. The van der Waals surface area contributed by atoms with Gasteiger partial charge in [-0.3, -0.25) is 10.1 Å². The normalized spacial score (nSPS) is 18.3.